The number of rotatable bonds is 5. The number of likely N-dealkylation sites (tertiary alicyclic amines) is 1. The van der Waals surface area contributed by atoms with Crippen molar-refractivity contribution < 1.29 is 23.9 Å². The molecule has 4 rings (SSSR count). The summed E-state index contributed by atoms with van der Waals surface area (Å²) in [5, 5.41) is 2.70. The number of benzene rings is 2. The number of ether oxygens (including phenoxy) is 1. The number of para-hydroxylation sites is 2. The predicted molar refractivity (Wildman–Crippen MR) is 113 cm³/mol. The van der Waals surface area contributed by atoms with Crippen molar-refractivity contribution in [2.75, 3.05) is 29.9 Å². The number of hydrogen-bond donors (Lipinski definition) is 1. The fraction of sp³-hybridized carbons (Fsp3) is 0.304. The molecule has 0 aromatic heterocycles. The van der Waals surface area contributed by atoms with Crippen LogP contribution in [0, 0.1) is 5.92 Å². The van der Waals surface area contributed by atoms with Gasteiger partial charge in [-0.1, -0.05) is 42.5 Å². The third-order valence-corrected chi connectivity index (χ3v) is 5.65. The van der Waals surface area contributed by atoms with E-state index in [0.717, 1.165) is 5.56 Å². The maximum atomic E-state index is 12.6. The maximum Gasteiger partial charge on any atom is 0.311 e. The van der Waals surface area contributed by atoms with Crippen LogP contribution in [0.15, 0.2) is 54.6 Å². The highest BCUT2D eigenvalue weighted by Crippen LogP contribution is 2.30. The molecule has 2 aliphatic heterocycles. The van der Waals surface area contributed by atoms with Crippen LogP contribution in [0.5, 0.6) is 0 Å². The highest BCUT2D eigenvalue weighted by atomic mass is 16.5. The number of hydrogen-bond acceptors (Lipinski definition) is 5. The molecule has 160 valence electrons. The summed E-state index contributed by atoms with van der Waals surface area (Å²) >= 11 is 0. The van der Waals surface area contributed by atoms with Gasteiger partial charge in [-0.3, -0.25) is 24.1 Å². The second-order valence-corrected chi connectivity index (χ2v) is 7.69. The summed E-state index contributed by atoms with van der Waals surface area (Å²) in [4.78, 5) is 52.5. The normalized spacial score (nSPS) is 18.9. The Labute approximate surface area is 179 Å². The van der Waals surface area contributed by atoms with E-state index < -0.39 is 24.4 Å². The number of nitrogens with zero attached hydrogens (tertiary/aromatic N) is 2. The zero-order chi connectivity index (χ0) is 22.0. The maximum absolute atomic E-state index is 12.6. The second kappa shape index (κ2) is 8.59. The molecule has 0 saturated carbocycles. The summed E-state index contributed by atoms with van der Waals surface area (Å²) in [5.74, 6) is -2.13. The van der Waals surface area contributed by atoms with E-state index in [1.54, 1.807) is 29.2 Å². The molecule has 2 aromatic rings. The van der Waals surface area contributed by atoms with Gasteiger partial charge in [0.15, 0.2) is 6.61 Å². The molecule has 0 spiro atoms. The third-order valence-electron chi connectivity index (χ3n) is 5.65. The lowest BCUT2D eigenvalue weighted by Gasteiger charge is -2.29. The Morgan fingerprint density at radius 2 is 1.81 bits per heavy atom. The minimum Gasteiger partial charge on any atom is -0.455 e. The van der Waals surface area contributed by atoms with Gasteiger partial charge >= 0.3 is 5.97 Å². The smallest absolute Gasteiger partial charge is 0.311 e. The Hall–Kier alpha value is -3.68. The van der Waals surface area contributed by atoms with Crippen LogP contribution in [-0.4, -0.2) is 48.3 Å². The van der Waals surface area contributed by atoms with Gasteiger partial charge in [0.25, 0.3) is 5.91 Å². The Morgan fingerprint density at radius 1 is 1.10 bits per heavy atom. The van der Waals surface area contributed by atoms with Crippen LogP contribution < -0.4 is 10.2 Å². The van der Waals surface area contributed by atoms with Crippen LogP contribution in [-0.2, 0) is 23.9 Å². The van der Waals surface area contributed by atoms with E-state index in [4.69, 9.17) is 4.74 Å². The van der Waals surface area contributed by atoms with Gasteiger partial charge in [-0.05, 0) is 24.6 Å². The standard InChI is InChI=1S/C23H23N3O5/c1-15(16-7-3-2-4-8-16)25-12-17(11-21(25)28)23(30)31-14-22(29)26-13-20(27)24-18-9-5-6-10-19(18)26/h2-10,15,17H,11-14H2,1H3,(H,24,27)/t15-,17-/m1/s1. The van der Waals surface area contributed by atoms with E-state index in [1.165, 1.54) is 4.90 Å². The zero-order valence-corrected chi connectivity index (χ0v) is 17.1. The molecule has 2 heterocycles. The molecule has 1 saturated heterocycles. The average Bonchev–Trinajstić information content (AvgIpc) is 3.18. The average molecular weight is 421 g/mol. The quantitative estimate of drug-likeness (QED) is 0.746. The summed E-state index contributed by atoms with van der Waals surface area (Å²) in [6.45, 7) is 1.54. The lowest BCUT2D eigenvalue weighted by Crippen LogP contribution is -2.44. The molecule has 2 aliphatic rings. The number of amides is 3. The summed E-state index contributed by atoms with van der Waals surface area (Å²) in [6, 6.07) is 16.4. The number of fused-ring (bicyclic) bond motifs is 1. The topological polar surface area (TPSA) is 96.0 Å². The zero-order valence-electron chi connectivity index (χ0n) is 17.1. The summed E-state index contributed by atoms with van der Waals surface area (Å²) in [7, 11) is 0. The van der Waals surface area contributed by atoms with Crippen molar-refractivity contribution in [3.8, 4) is 0 Å². The Bertz CT molecular complexity index is 1020. The molecule has 3 amide bonds. The molecule has 0 aliphatic carbocycles. The van der Waals surface area contributed by atoms with E-state index in [0.29, 0.717) is 11.4 Å². The fourth-order valence-corrected chi connectivity index (χ4v) is 3.96. The molecule has 2 atom stereocenters. The molecule has 2 aromatic carbocycles. The second-order valence-electron chi connectivity index (χ2n) is 7.69. The number of esters is 1. The van der Waals surface area contributed by atoms with Crippen LogP contribution in [0.25, 0.3) is 0 Å². The summed E-state index contributed by atoms with van der Waals surface area (Å²) in [5.41, 5.74) is 2.08. The molecular formula is C23H23N3O5. The molecule has 8 heteroatoms. The molecule has 1 N–H and O–H groups in total. The lowest BCUT2D eigenvalue weighted by molar-refractivity contribution is -0.151. The van der Waals surface area contributed by atoms with E-state index in [-0.39, 0.29) is 37.4 Å². The van der Waals surface area contributed by atoms with E-state index in [2.05, 4.69) is 5.32 Å². The summed E-state index contributed by atoms with van der Waals surface area (Å²) in [6.07, 6.45) is 0.0547. The van der Waals surface area contributed by atoms with Gasteiger partial charge < -0.3 is 15.0 Å². The van der Waals surface area contributed by atoms with Crippen LogP contribution >= 0.6 is 0 Å². The Morgan fingerprint density at radius 3 is 2.58 bits per heavy atom. The van der Waals surface area contributed by atoms with E-state index >= 15 is 0 Å². The molecule has 0 radical (unpaired) electrons. The van der Waals surface area contributed by atoms with Gasteiger partial charge in [-0.15, -0.1) is 0 Å². The first-order valence-corrected chi connectivity index (χ1v) is 10.1. The molecule has 0 unspecified atom stereocenters. The lowest BCUT2D eigenvalue weighted by atomic mass is 10.1. The monoisotopic (exact) mass is 421 g/mol. The molecule has 1 fully saturated rings. The van der Waals surface area contributed by atoms with Gasteiger partial charge in [-0.25, -0.2) is 0 Å². The number of carbonyl (C=O) groups is 4. The van der Waals surface area contributed by atoms with Crippen molar-refractivity contribution in [3.63, 3.8) is 0 Å². The van der Waals surface area contributed by atoms with Crippen molar-refractivity contribution in [1.82, 2.24) is 4.90 Å². The highest BCUT2D eigenvalue weighted by Gasteiger charge is 2.38. The molecule has 8 nitrogen and oxygen atoms in total. The molecular weight excluding hydrogens is 398 g/mol. The van der Waals surface area contributed by atoms with Crippen molar-refractivity contribution in [1.29, 1.82) is 0 Å². The SMILES string of the molecule is C[C@H](c1ccccc1)N1C[C@H](C(=O)OCC(=O)N2CC(=O)Nc3ccccc32)CC1=O. The Balaban J connectivity index is 1.36. The minimum atomic E-state index is -0.622. The highest BCUT2D eigenvalue weighted by molar-refractivity contribution is 6.10. The van der Waals surface area contributed by atoms with Crippen LogP contribution in [0.3, 0.4) is 0 Å². The van der Waals surface area contributed by atoms with Crippen LogP contribution in [0.4, 0.5) is 11.4 Å². The Kier molecular flexibility index (Phi) is 5.70. The van der Waals surface area contributed by atoms with Gasteiger partial charge in [0.2, 0.25) is 11.8 Å². The van der Waals surface area contributed by atoms with Crippen LogP contribution in [0.2, 0.25) is 0 Å². The first-order chi connectivity index (χ1) is 14.9. The number of carbonyl (C=O) groups excluding carboxylic acids is 4. The van der Waals surface area contributed by atoms with E-state index in [9.17, 15) is 19.2 Å². The van der Waals surface area contributed by atoms with Crippen molar-refractivity contribution >= 4 is 35.1 Å². The third kappa shape index (κ3) is 4.28. The van der Waals surface area contributed by atoms with Crippen molar-refractivity contribution in [2.45, 2.75) is 19.4 Å². The van der Waals surface area contributed by atoms with Gasteiger partial charge in [0.1, 0.15) is 6.54 Å². The van der Waals surface area contributed by atoms with Gasteiger partial charge in [0.05, 0.1) is 23.3 Å². The fourth-order valence-electron chi connectivity index (χ4n) is 3.96. The number of anilines is 2. The molecule has 31 heavy (non-hydrogen) atoms. The van der Waals surface area contributed by atoms with Gasteiger partial charge in [-0.2, -0.15) is 0 Å². The van der Waals surface area contributed by atoms with Crippen molar-refractivity contribution in [3.05, 3.63) is 60.2 Å². The van der Waals surface area contributed by atoms with Gasteiger partial charge in [0, 0.05) is 13.0 Å². The summed E-state index contributed by atoms with van der Waals surface area (Å²) < 4.78 is 5.23. The first-order valence-electron chi connectivity index (χ1n) is 10.1. The van der Waals surface area contributed by atoms with Crippen molar-refractivity contribution in [2.24, 2.45) is 5.92 Å². The van der Waals surface area contributed by atoms with E-state index in [1.807, 2.05) is 37.3 Å². The largest absolute Gasteiger partial charge is 0.455 e. The predicted octanol–water partition coefficient (Wildman–Crippen LogP) is 2.12. The minimum absolute atomic E-state index is 0.0547. The molecule has 0 bridgehead atoms. The first kappa shape index (κ1) is 20.6. The van der Waals surface area contributed by atoms with Crippen LogP contribution in [0.1, 0.15) is 24.9 Å². The number of nitrogens with one attached hydrogen (secondary N) is 1.